The van der Waals surface area contributed by atoms with Gasteiger partial charge in [-0.15, -0.1) is 11.6 Å². The normalized spacial score (nSPS) is 15.4. The Morgan fingerprint density at radius 3 is 3.00 bits per heavy atom. The van der Waals surface area contributed by atoms with E-state index in [0.717, 1.165) is 5.56 Å². The monoisotopic (exact) mass is 255 g/mol. The summed E-state index contributed by atoms with van der Waals surface area (Å²) in [5.74, 6) is -0.356. The second-order valence-electron chi connectivity index (χ2n) is 3.75. The fraction of sp³-hybridized carbons (Fsp3) is 0.273. The molecule has 6 heteroatoms. The maximum Gasteiger partial charge on any atom is 0.224 e. The van der Waals surface area contributed by atoms with Crippen LogP contribution in [-0.4, -0.2) is 17.6 Å². The van der Waals surface area contributed by atoms with E-state index in [1.807, 2.05) is 0 Å². The van der Waals surface area contributed by atoms with Gasteiger partial charge in [-0.2, -0.15) is 0 Å². The first-order valence-corrected chi connectivity index (χ1v) is 5.65. The number of nitrogens with two attached hydrogens (primary N) is 1. The number of halogens is 2. The molecule has 0 aliphatic carbocycles. The number of nitrogens with zero attached hydrogens (tertiary/aromatic N) is 1. The number of nitrogens with one attached hydrogen (secondary N) is 1. The molecule has 0 saturated carbocycles. The van der Waals surface area contributed by atoms with E-state index in [2.05, 4.69) is 10.3 Å². The SMILES string of the molecule is NC(CCl)=Nc1cc(F)c2c(c1)CCC(=O)N2. The van der Waals surface area contributed by atoms with Crippen molar-refractivity contribution in [2.75, 3.05) is 11.2 Å². The van der Waals surface area contributed by atoms with E-state index < -0.39 is 5.82 Å². The lowest BCUT2D eigenvalue weighted by Crippen LogP contribution is -2.20. The highest BCUT2D eigenvalue weighted by atomic mass is 35.5. The molecule has 0 spiro atoms. The Morgan fingerprint density at radius 1 is 1.53 bits per heavy atom. The minimum atomic E-state index is -0.503. The molecule has 0 fully saturated rings. The van der Waals surface area contributed by atoms with Gasteiger partial charge in [-0.3, -0.25) is 4.79 Å². The number of alkyl halides is 1. The first-order valence-electron chi connectivity index (χ1n) is 5.11. The van der Waals surface area contributed by atoms with Crippen molar-refractivity contribution in [3.8, 4) is 0 Å². The van der Waals surface area contributed by atoms with Crippen LogP contribution in [0.5, 0.6) is 0 Å². The van der Waals surface area contributed by atoms with Crippen molar-refractivity contribution in [3.05, 3.63) is 23.5 Å². The number of hydrogen-bond acceptors (Lipinski definition) is 2. The van der Waals surface area contributed by atoms with Gasteiger partial charge in [-0.05, 0) is 18.1 Å². The smallest absolute Gasteiger partial charge is 0.224 e. The largest absolute Gasteiger partial charge is 0.386 e. The standard InChI is InChI=1S/C11H11ClFN3O/c12-5-9(14)15-7-3-6-1-2-10(17)16-11(6)8(13)4-7/h3-4H,1-2,5H2,(H2,14,15)(H,16,17). The lowest BCUT2D eigenvalue weighted by molar-refractivity contribution is -0.116. The molecule has 1 aliphatic rings. The highest BCUT2D eigenvalue weighted by Crippen LogP contribution is 2.30. The van der Waals surface area contributed by atoms with E-state index in [9.17, 15) is 9.18 Å². The van der Waals surface area contributed by atoms with Gasteiger partial charge in [0.15, 0.2) is 0 Å². The fourth-order valence-electron chi connectivity index (χ4n) is 1.70. The van der Waals surface area contributed by atoms with E-state index in [1.54, 1.807) is 6.07 Å². The number of amidine groups is 1. The number of carbonyl (C=O) groups is 1. The molecule has 2 rings (SSSR count). The van der Waals surface area contributed by atoms with Gasteiger partial charge in [0.1, 0.15) is 11.7 Å². The number of rotatable bonds is 2. The average Bonchev–Trinajstić information content (AvgIpc) is 2.30. The molecule has 90 valence electrons. The third-order valence-electron chi connectivity index (χ3n) is 2.45. The molecule has 1 heterocycles. The summed E-state index contributed by atoms with van der Waals surface area (Å²) in [7, 11) is 0. The summed E-state index contributed by atoms with van der Waals surface area (Å²) in [6, 6.07) is 2.93. The molecule has 0 atom stereocenters. The first kappa shape index (κ1) is 11.9. The van der Waals surface area contributed by atoms with Crippen LogP contribution in [0.1, 0.15) is 12.0 Å². The summed E-state index contributed by atoms with van der Waals surface area (Å²) in [5, 5.41) is 2.50. The molecule has 0 radical (unpaired) electrons. The third-order valence-corrected chi connectivity index (χ3v) is 2.73. The summed E-state index contributed by atoms with van der Waals surface area (Å²) in [5.41, 5.74) is 6.86. The zero-order valence-corrected chi connectivity index (χ0v) is 9.72. The van der Waals surface area contributed by atoms with Crippen LogP contribution in [0.3, 0.4) is 0 Å². The molecule has 0 aromatic heterocycles. The van der Waals surface area contributed by atoms with E-state index in [-0.39, 0.29) is 23.3 Å². The summed E-state index contributed by atoms with van der Waals surface area (Å²) in [6.07, 6.45) is 0.854. The van der Waals surface area contributed by atoms with Crippen molar-refractivity contribution >= 4 is 34.7 Å². The van der Waals surface area contributed by atoms with Crippen LogP contribution in [0.15, 0.2) is 17.1 Å². The molecule has 4 nitrogen and oxygen atoms in total. The second-order valence-corrected chi connectivity index (χ2v) is 4.01. The van der Waals surface area contributed by atoms with Crippen LogP contribution in [0, 0.1) is 5.82 Å². The third kappa shape index (κ3) is 2.55. The van der Waals surface area contributed by atoms with Gasteiger partial charge >= 0.3 is 0 Å². The molecule has 1 amide bonds. The summed E-state index contributed by atoms with van der Waals surface area (Å²) in [6.45, 7) is 0. The Balaban J connectivity index is 2.41. The minimum Gasteiger partial charge on any atom is -0.386 e. The minimum absolute atomic E-state index is 0.0927. The van der Waals surface area contributed by atoms with Crippen molar-refractivity contribution < 1.29 is 9.18 Å². The van der Waals surface area contributed by atoms with Gasteiger partial charge in [-0.25, -0.2) is 9.38 Å². The predicted molar refractivity (Wildman–Crippen MR) is 65.4 cm³/mol. The molecule has 17 heavy (non-hydrogen) atoms. The lowest BCUT2D eigenvalue weighted by Gasteiger charge is -2.17. The van der Waals surface area contributed by atoms with E-state index in [1.165, 1.54) is 6.07 Å². The van der Waals surface area contributed by atoms with Gasteiger partial charge in [0, 0.05) is 12.5 Å². The number of aliphatic imine (C=N–C) groups is 1. The van der Waals surface area contributed by atoms with Gasteiger partial charge in [0.25, 0.3) is 0 Å². The van der Waals surface area contributed by atoms with Gasteiger partial charge in [0.05, 0.1) is 17.3 Å². The highest BCUT2D eigenvalue weighted by molar-refractivity contribution is 6.28. The molecular formula is C11H11ClFN3O. The number of amides is 1. The summed E-state index contributed by atoms with van der Waals surface area (Å²) >= 11 is 5.50. The molecule has 1 aliphatic heterocycles. The van der Waals surface area contributed by atoms with E-state index in [0.29, 0.717) is 18.5 Å². The van der Waals surface area contributed by atoms with Crippen molar-refractivity contribution in [3.63, 3.8) is 0 Å². The maximum atomic E-state index is 13.7. The Bertz CT molecular complexity index is 502. The molecule has 0 unspecified atom stereocenters. The molecule has 1 aromatic carbocycles. The molecule has 1 aromatic rings. The van der Waals surface area contributed by atoms with Crippen LogP contribution in [0.25, 0.3) is 0 Å². The van der Waals surface area contributed by atoms with Gasteiger partial charge in [0.2, 0.25) is 5.91 Å². The van der Waals surface area contributed by atoms with Crippen molar-refractivity contribution in [1.29, 1.82) is 0 Å². The van der Waals surface area contributed by atoms with Crippen LogP contribution < -0.4 is 11.1 Å². The van der Waals surface area contributed by atoms with Gasteiger partial charge < -0.3 is 11.1 Å². The Hall–Kier alpha value is -1.62. The molecule has 0 saturated heterocycles. The molecule has 0 bridgehead atoms. The molecular weight excluding hydrogens is 245 g/mol. The maximum absolute atomic E-state index is 13.7. The number of aryl methyl sites for hydroxylation is 1. The van der Waals surface area contributed by atoms with Crippen LogP contribution in [0.4, 0.5) is 15.8 Å². The van der Waals surface area contributed by atoms with Crippen molar-refractivity contribution in [2.24, 2.45) is 10.7 Å². The zero-order chi connectivity index (χ0) is 12.4. The van der Waals surface area contributed by atoms with Crippen LogP contribution >= 0.6 is 11.6 Å². The van der Waals surface area contributed by atoms with E-state index >= 15 is 0 Å². The Kier molecular flexibility index (Phi) is 3.28. The average molecular weight is 256 g/mol. The fourth-order valence-corrected chi connectivity index (χ4v) is 1.76. The lowest BCUT2D eigenvalue weighted by atomic mass is 10.0. The Labute approximate surface area is 103 Å². The van der Waals surface area contributed by atoms with Crippen LogP contribution in [-0.2, 0) is 11.2 Å². The summed E-state index contributed by atoms with van der Waals surface area (Å²) < 4.78 is 13.7. The second kappa shape index (κ2) is 4.71. The number of benzene rings is 1. The Morgan fingerprint density at radius 2 is 2.29 bits per heavy atom. The first-order chi connectivity index (χ1) is 8.10. The number of hydrogen-bond donors (Lipinski definition) is 2. The summed E-state index contributed by atoms with van der Waals surface area (Å²) in [4.78, 5) is 15.1. The zero-order valence-electron chi connectivity index (χ0n) is 8.96. The van der Waals surface area contributed by atoms with Crippen LogP contribution in [0.2, 0.25) is 0 Å². The number of fused-ring (bicyclic) bond motifs is 1. The highest BCUT2D eigenvalue weighted by Gasteiger charge is 2.19. The van der Waals surface area contributed by atoms with Gasteiger partial charge in [-0.1, -0.05) is 0 Å². The van der Waals surface area contributed by atoms with Crippen molar-refractivity contribution in [1.82, 2.24) is 0 Å². The topological polar surface area (TPSA) is 67.5 Å². The quantitative estimate of drug-likeness (QED) is 0.482. The van der Waals surface area contributed by atoms with E-state index in [4.69, 9.17) is 17.3 Å². The van der Waals surface area contributed by atoms with Crippen molar-refractivity contribution in [2.45, 2.75) is 12.8 Å². The number of anilines is 1. The molecule has 3 N–H and O–H groups in total. The predicted octanol–water partition coefficient (Wildman–Crippen LogP) is 1.94. The number of carbonyl (C=O) groups excluding carboxylic acids is 1.